The Balaban J connectivity index is 2.79. The first-order chi connectivity index (χ1) is 7.34. The number of carbonyl (C=O) groups excluding carboxylic acids is 2. The summed E-state index contributed by atoms with van der Waals surface area (Å²) in [7, 11) is 0. The van der Waals surface area contributed by atoms with Crippen LogP contribution in [-0.2, 0) is 14.3 Å². The molecule has 5 atom stereocenters. The van der Waals surface area contributed by atoms with Gasteiger partial charge in [-0.1, -0.05) is 0 Å². The van der Waals surface area contributed by atoms with Gasteiger partial charge in [0.1, 0.15) is 18.2 Å². The maximum Gasteiger partial charge on any atom is 0.249 e. The van der Waals surface area contributed by atoms with E-state index in [1.54, 1.807) is 0 Å². The summed E-state index contributed by atoms with van der Waals surface area (Å²) in [6, 6.07) is -1.21. The zero-order valence-electron chi connectivity index (χ0n) is 8.53. The molecule has 0 aromatic carbocycles. The number of primary amides is 1. The number of ether oxygens (including phenoxy) is 1. The first-order valence-electron chi connectivity index (χ1n) is 4.60. The van der Waals surface area contributed by atoms with Gasteiger partial charge in [0.2, 0.25) is 11.8 Å². The van der Waals surface area contributed by atoms with Crippen molar-refractivity contribution in [3.05, 3.63) is 0 Å². The lowest BCUT2D eigenvalue weighted by Gasteiger charge is -2.39. The number of carbonyl (C=O) groups is 2. The van der Waals surface area contributed by atoms with Crippen molar-refractivity contribution >= 4 is 11.8 Å². The molecule has 0 bridgehead atoms. The van der Waals surface area contributed by atoms with Crippen LogP contribution < -0.4 is 11.1 Å². The third kappa shape index (κ3) is 2.47. The van der Waals surface area contributed by atoms with Crippen molar-refractivity contribution < 1.29 is 29.6 Å². The van der Waals surface area contributed by atoms with Crippen molar-refractivity contribution in [3.8, 4) is 0 Å². The van der Waals surface area contributed by atoms with E-state index in [2.05, 4.69) is 5.32 Å². The SMILES string of the molecule is CC(=O)N[C@@H]1[C@@H](O)[C@@H](O)[C@@H](C(N)=O)O[C@@H]1O. The van der Waals surface area contributed by atoms with Crippen LogP contribution in [0.3, 0.4) is 0 Å². The molecule has 0 aromatic heterocycles. The van der Waals surface area contributed by atoms with E-state index in [-0.39, 0.29) is 0 Å². The molecule has 92 valence electrons. The minimum absolute atomic E-state index is 0.517. The van der Waals surface area contributed by atoms with Gasteiger partial charge in [-0.3, -0.25) is 9.59 Å². The Bertz CT molecular complexity index is 296. The van der Waals surface area contributed by atoms with Crippen LogP contribution in [-0.4, -0.2) is 57.8 Å². The van der Waals surface area contributed by atoms with Crippen molar-refractivity contribution in [2.24, 2.45) is 5.73 Å². The summed E-state index contributed by atoms with van der Waals surface area (Å²) >= 11 is 0. The van der Waals surface area contributed by atoms with E-state index in [1.807, 2.05) is 0 Å². The summed E-state index contributed by atoms with van der Waals surface area (Å²) in [6.07, 6.45) is -6.25. The van der Waals surface area contributed by atoms with Crippen LogP contribution in [0.5, 0.6) is 0 Å². The predicted octanol–water partition coefficient (Wildman–Crippen LogP) is -3.58. The fourth-order valence-corrected chi connectivity index (χ4v) is 1.50. The van der Waals surface area contributed by atoms with Crippen molar-refractivity contribution in [2.45, 2.75) is 37.6 Å². The molecule has 0 spiro atoms. The molecule has 1 saturated heterocycles. The lowest BCUT2D eigenvalue weighted by molar-refractivity contribution is -0.242. The monoisotopic (exact) mass is 234 g/mol. The second kappa shape index (κ2) is 4.74. The van der Waals surface area contributed by atoms with Gasteiger partial charge in [0, 0.05) is 6.92 Å². The van der Waals surface area contributed by atoms with Crippen LogP contribution in [0.2, 0.25) is 0 Å². The van der Waals surface area contributed by atoms with Crippen molar-refractivity contribution in [2.75, 3.05) is 0 Å². The zero-order chi connectivity index (χ0) is 12.5. The molecule has 1 fully saturated rings. The molecule has 6 N–H and O–H groups in total. The van der Waals surface area contributed by atoms with Gasteiger partial charge in [0.15, 0.2) is 12.4 Å². The first kappa shape index (κ1) is 12.8. The molecule has 0 saturated carbocycles. The van der Waals surface area contributed by atoms with Gasteiger partial charge in [-0.25, -0.2) is 0 Å². The van der Waals surface area contributed by atoms with Crippen molar-refractivity contribution in [1.29, 1.82) is 0 Å². The maximum absolute atomic E-state index is 10.8. The van der Waals surface area contributed by atoms with E-state index in [0.29, 0.717) is 0 Å². The summed E-state index contributed by atoms with van der Waals surface area (Å²) in [4.78, 5) is 21.6. The highest BCUT2D eigenvalue weighted by Gasteiger charge is 2.46. The quantitative estimate of drug-likeness (QED) is 0.334. The zero-order valence-corrected chi connectivity index (χ0v) is 8.53. The van der Waals surface area contributed by atoms with E-state index < -0.39 is 42.5 Å². The Morgan fingerprint density at radius 1 is 1.25 bits per heavy atom. The molecule has 8 heteroatoms. The van der Waals surface area contributed by atoms with E-state index >= 15 is 0 Å². The molecule has 16 heavy (non-hydrogen) atoms. The highest BCUT2D eigenvalue weighted by molar-refractivity contribution is 5.80. The van der Waals surface area contributed by atoms with E-state index in [1.165, 1.54) is 6.92 Å². The van der Waals surface area contributed by atoms with E-state index in [0.717, 1.165) is 0 Å². The average molecular weight is 234 g/mol. The first-order valence-corrected chi connectivity index (χ1v) is 4.60. The van der Waals surface area contributed by atoms with Gasteiger partial charge < -0.3 is 31.1 Å². The van der Waals surface area contributed by atoms with Crippen molar-refractivity contribution in [3.63, 3.8) is 0 Å². The van der Waals surface area contributed by atoms with Gasteiger partial charge in [-0.2, -0.15) is 0 Å². The van der Waals surface area contributed by atoms with Crippen LogP contribution >= 0.6 is 0 Å². The molecule has 1 heterocycles. The minimum Gasteiger partial charge on any atom is -0.388 e. The topological polar surface area (TPSA) is 142 Å². The number of hydrogen-bond donors (Lipinski definition) is 5. The number of nitrogens with one attached hydrogen (secondary N) is 1. The molecule has 0 aromatic rings. The standard InChI is InChI=1S/C8H14N2O6/c1-2(11)10-3-4(12)5(13)6(7(9)14)16-8(3)15/h3-6,8,12-13,15H,1H3,(H2,9,14)(H,10,11)/t3-,4-,5-,6+,8+/m1/s1. The third-order valence-corrected chi connectivity index (χ3v) is 2.27. The molecule has 0 radical (unpaired) electrons. The summed E-state index contributed by atoms with van der Waals surface area (Å²) in [5, 5.41) is 30.6. The fourth-order valence-electron chi connectivity index (χ4n) is 1.50. The smallest absolute Gasteiger partial charge is 0.249 e. The van der Waals surface area contributed by atoms with Crippen molar-refractivity contribution in [1.82, 2.24) is 5.32 Å². The molecule has 8 nitrogen and oxygen atoms in total. The molecule has 2 amide bonds. The number of hydrogen-bond acceptors (Lipinski definition) is 6. The van der Waals surface area contributed by atoms with Crippen LogP contribution in [0.15, 0.2) is 0 Å². The lowest BCUT2D eigenvalue weighted by Crippen LogP contribution is -2.65. The number of nitrogens with two attached hydrogens (primary N) is 1. The molecule has 1 aliphatic heterocycles. The number of amides is 2. The minimum atomic E-state index is -1.61. The molecule has 0 unspecified atom stereocenters. The predicted molar refractivity (Wildman–Crippen MR) is 49.7 cm³/mol. The highest BCUT2D eigenvalue weighted by atomic mass is 16.6. The van der Waals surface area contributed by atoms with Crippen LogP contribution in [0.1, 0.15) is 6.92 Å². The van der Waals surface area contributed by atoms with Gasteiger partial charge in [-0.15, -0.1) is 0 Å². The summed E-state index contributed by atoms with van der Waals surface area (Å²) in [6.45, 7) is 1.17. The van der Waals surface area contributed by atoms with Crippen LogP contribution in [0.4, 0.5) is 0 Å². The molecule has 1 aliphatic rings. The summed E-state index contributed by atoms with van der Waals surface area (Å²) < 4.78 is 4.70. The molecule has 1 rings (SSSR count). The van der Waals surface area contributed by atoms with E-state index in [4.69, 9.17) is 10.5 Å². The Labute approximate surface area is 91.0 Å². The third-order valence-electron chi connectivity index (χ3n) is 2.27. The molecular weight excluding hydrogens is 220 g/mol. The Morgan fingerprint density at radius 2 is 1.81 bits per heavy atom. The normalized spacial score (nSPS) is 39.1. The fraction of sp³-hybridized carbons (Fsp3) is 0.750. The van der Waals surface area contributed by atoms with Crippen LogP contribution in [0.25, 0.3) is 0 Å². The number of rotatable bonds is 2. The van der Waals surface area contributed by atoms with E-state index in [9.17, 15) is 24.9 Å². The van der Waals surface area contributed by atoms with Gasteiger partial charge in [-0.05, 0) is 0 Å². The molecule has 0 aliphatic carbocycles. The van der Waals surface area contributed by atoms with Gasteiger partial charge in [0.25, 0.3) is 0 Å². The van der Waals surface area contributed by atoms with Gasteiger partial charge in [0.05, 0.1) is 0 Å². The summed E-state index contributed by atoms with van der Waals surface area (Å²) in [5.41, 5.74) is 4.90. The Kier molecular flexibility index (Phi) is 3.81. The molecular formula is C8H14N2O6. The highest BCUT2D eigenvalue weighted by Crippen LogP contribution is 2.19. The second-order valence-corrected chi connectivity index (χ2v) is 3.56. The Morgan fingerprint density at radius 3 is 2.25 bits per heavy atom. The number of aliphatic hydroxyl groups is 3. The largest absolute Gasteiger partial charge is 0.388 e. The second-order valence-electron chi connectivity index (χ2n) is 3.56. The lowest BCUT2D eigenvalue weighted by atomic mass is 9.96. The summed E-state index contributed by atoms with van der Waals surface area (Å²) in [5.74, 6) is -1.52. The van der Waals surface area contributed by atoms with Crippen LogP contribution in [0, 0.1) is 0 Å². The number of aliphatic hydroxyl groups excluding tert-OH is 3. The maximum atomic E-state index is 10.8. The Hall–Kier alpha value is -1.22. The average Bonchev–Trinajstić information content (AvgIpc) is 2.17. The van der Waals surface area contributed by atoms with Gasteiger partial charge >= 0.3 is 0 Å².